The molecule has 0 saturated carbocycles. The SMILES string of the molecule is CC(CS(C)(=O)=O)NC1CCCNC1=O. The van der Waals surface area contributed by atoms with Gasteiger partial charge in [-0.25, -0.2) is 8.42 Å². The number of piperidine rings is 1. The summed E-state index contributed by atoms with van der Waals surface area (Å²) in [6, 6.07) is -0.427. The zero-order valence-electron chi connectivity index (χ0n) is 9.12. The summed E-state index contributed by atoms with van der Waals surface area (Å²) >= 11 is 0. The van der Waals surface area contributed by atoms with Crippen LogP contribution in [0.25, 0.3) is 0 Å². The number of carbonyl (C=O) groups excluding carboxylic acids is 1. The van der Waals surface area contributed by atoms with Crippen LogP contribution in [0.3, 0.4) is 0 Å². The minimum atomic E-state index is -2.99. The van der Waals surface area contributed by atoms with E-state index in [4.69, 9.17) is 0 Å². The van der Waals surface area contributed by atoms with E-state index in [2.05, 4.69) is 10.6 Å². The Bertz CT molecular complexity index is 326. The molecule has 6 heteroatoms. The fraction of sp³-hybridized carbons (Fsp3) is 0.889. The highest BCUT2D eigenvalue weighted by molar-refractivity contribution is 7.90. The van der Waals surface area contributed by atoms with Crippen molar-refractivity contribution in [2.75, 3.05) is 18.6 Å². The maximum atomic E-state index is 11.4. The van der Waals surface area contributed by atoms with Crippen LogP contribution in [-0.4, -0.2) is 45.0 Å². The predicted molar refractivity (Wildman–Crippen MR) is 58.3 cm³/mol. The molecule has 1 amide bonds. The van der Waals surface area contributed by atoms with E-state index in [0.29, 0.717) is 0 Å². The minimum Gasteiger partial charge on any atom is -0.355 e. The van der Waals surface area contributed by atoms with Crippen molar-refractivity contribution in [3.05, 3.63) is 0 Å². The Labute approximate surface area is 90.5 Å². The van der Waals surface area contributed by atoms with Crippen molar-refractivity contribution in [1.29, 1.82) is 0 Å². The van der Waals surface area contributed by atoms with Gasteiger partial charge in [-0.1, -0.05) is 0 Å². The number of rotatable bonds is 4. The number of sulfone groups is 1. The molecule has 0 radical (unpaired) electrons. The topological polar surface area (TPSA) is 75.3 Å². The molecule has 1 aliphatic rings. The van der Waals surface area contributed by atoms with Crippen molar-refractivity contribution in [3.8, 4) is 0 Å². The molecule has 1 heterocycles. The molecule has 0 aliphatic carbocycles. The summed E-state index contributed by atoms with van der Waals surface area (Å²) in [5.74, 6) is 0.0400. The molecule has 1 aliphatic heterocycles. The van der Waals surface area contributed by atoms with E-state index in [-0.39, 0.29) is 23.7 Å². The maximum absolute atomic E-state index is 11.4. The molecule has 0 bridgehead atoms. The third-order valence-electron chi connectivity index (χ3n) is 2.32. The Morgan fingerprint density at radius 3 is 2.80 bits per heavy atom. The summed E-state index contributed by atoms with van der Waals surface area (Å²) in [5, 5.41) is 5.78. The average Bonchev–Trinajstić information content (AvgIpc) is 2.05. The van der Waals surface area contributed by atoms with Gasteiger partial charge < -0.3 is 10.6 Å². The van der Waals surface area contributed by atoms with E-state index in [9.17, 15) is 13.2 Å². The van der Waals surface area contributed by atoms with Crippen LogP contribution in [0.2, 0.25) is 0 Å². The summed E-state index contributed by atoms with van der Waals surface area (Å²) in [7, 11) is -2.99. The van der Waals surface area contributed by atoms with E-state index in [1.807, 2.05) is 0 Å². The van der Waals surface area contributed by atoms with Crippen molar-refractivity contribution >= 4 is 15.7 Å². The van der Waals surface area contributed by atoms with Crippen LogP contribution in [-0.2, 0) is 14.6 Å². The molecule has 0 aromatic heterocycles. The standard InChI is InChI=1S/C9H18N2O3S/c1-7(6-15(2,13)14)11-8-4-3-5-10-9(8)12/h7-8,11H,3-6H2,1-2H3,(H,10,12). The highest BCUT2D eigenvalue weighted by atomic mass is 32.2. The largest absolute Gasteiger partial charge is 0.355 e. The van der Waals surface area contributed by atoms with Crippen molar-refractivity contribution in [1.82, 2.24) is 10.6 Å². The molecular weight excluding hydrogens is 216 g/mol. The van der Waals surface area contributed by atoms with Crippen molar-refractivity contribution in [2.24, 2.45) is 0 Å². The lowest BCUT2D eigenvalue weighted by Gasteiger charge is -2.25. The first-order chi connectivity index (χ1) is 6.88. The minimum absolute atomic E-state index is 0.0263. The summed E-state index contributed by atoms with van der Waals surface area (Å²) in [4.78, 5) is 11.4. The summed E-state index contributed by atoms with van der Waals surface area (Å²) in [6.07, 6.45) is 2.92. The fourth-order valence-electron chi connectivity index (χ4n) is 1.78. The monoisotopic (exact) mass is 234 g/mol. The Balaban J connectivity index is 2.43. The third kappa shape index (κ3) is 4.61. The lowest BCUT2D eigenvalue weighted by Crippen LogP contribution is -2.52. The number of carbonyl (C=O) groups is 1. The van der Waals surface area contributed by atoms with Gasteiger partial charge in [0.2, 0.25) is 5.91 Å². The average molecular weight is 234 g/mol. The maximum Gasteiger partial charge on any atom is 0.237 e. The van der Waals surface area contributed by atoms with E-state index in [1.165, 1.54) is 6.26 Å². The van der Waals surface area contributed by atoms with E-state index >= 15 is 0 Å². The molecule has 2 atom stereocenters. The first-order valence-electron chi connectivity index (χ1n) is 5.10. The quantitative estimate of drug-likeness (QED) is 0.673. The van der Waals surface area contributed by atoms with Crippen LogP contribution >= 0.6 is 0 Å². The van der Waals surface area contributed by atoms with Crippen LogP contribution < -0.4 is 10.6 Å². The first-order valence-corrected chi connectivity index (χ1v) is 7.16. The molecule has 5 nitrogen and oxygen atoms in total. The molecule has 88 valence electrons. The van der Waals surface area contributed by atoms with Crippen LogP contribution in [0.4, 0.5) is 0 Å². The van der Waals surface area contributed by atoms with Gasteiger partial charge in [0.1, 0.15) is 9.84 Å². The van der Waals surface area contributed by atoms with E-state index in [1.54, 1.807) is 6.92 Å². The summed E-state index contributed by atoms with van der Waals surface area (Å²) in [6.45, 7) is 2.50. The van der Waals surface area contributed by atoms with Crippen LogP contribution in [0, 0.1) is 0 Å². The van der Waals surface area contributed by atoms with Gasteiger partial charge in [0.25, 0.3) is 0 Å². The lowest BCUT2D eigenvalue weighted by atomic mass is 10.1. The van der Waals surface area contributed by atoms with Crippen molar-refractivity contribution in [3.63, 3.8) is 0 Å². The zero-order chi connectivity index (χ0) is 11.5. The van der Waals surface area contributed by atoms with E-state index < -0.39 is 9.84 Å². The highest BCUT2D eigenvalue weighted by Crippen LogP contribution is 2.04. The third-order valence-corrected chi connectivity index (χ3v) is 3.43. The Morgan fingerprint density at radius 2 is 2.27 bits per heavy atom. The molecule has 1 rings (SSSR count). The second-order valence-corrected chi connectivity index (χ2v) is 6.33. The van der Waals surface area contributed by atoms with Crippen LogP contribution in [0.15, 0.2) is 0 Å². The molecule has 15 heavy (non-hydrogen) atoms. The normalized spacial score (nSPS) is 24.7. The highest BCUT2D eigenvalue weighted by Gasteiger charge is 2.24. The number of hydrogen-bond donors (Lipinski definition) is 2. The molecule has 1 saturated heterocycles. The first kappa shape index (κ1) is 12.4. The van der Waals surface area contributed by atoms with Gasteiger partial charge in [-0.05, 0) is 19.8 Å². The van der Waals surface area contributed by atoms with Gasteiger partial charge in [0, 0.05) is 18.8 Å². The molecular formula is C9H18N2O3S. The van der Waals surface area contributed by atoms with Gasteiger partial charge in [0.05, 0.1) is 11.8 Å². The van der Waals surface area contributed by atoms with Crippen LogP contribution in [0.1, 0.15) is 19.8 Å². The smallest absolute Gasteiger partial charge is 0.237 e. The van der Waals surface area contributed by atoms with Gasteiger partial charge in [0.15, 0.2) is 0 Å². The molecule has 0 aromatic carbocycles. The van der Waals surface area contributed by atoms with Gasteiger partial charge in [-0.3, -0.25) is 4.79 Å². The lowest BCUT2D eigenvalue weighted by molar-refractivity contribution is -0.124. The second kappa shape index (κ2) is 4.94. The Morgan fingerprint density at radius 1 is 1.60 bits per heavy atom. The molecule has 1 fully saturated rings. The number of hydrogen-bond acceptors (Lipinski definition) is 4. The van der Waals surface area contributed by atoms with Crippen LogP contribution in [0.5, 0.6) is 0 Å². The predicted octanol–water partition coefficient (Wildman–Crippen LogP) is -0.712. The summed E-state index contributed by atoms with van der Waals surface area (Å²) in [5.41, 5.74) is 0. The molecule has 0 aromatic rings. The molecule has 2 N–H and O–H groups in total. The second-order valence-electron chi connectivity index (χ2n) is 4.15. The Kier molecular flexibility index (Phi) is 4.10. The van der Waals surface area contributed by atoms with Gasteiger partial charge in [-0.2, -0.15) is 0 Å². The number of nitrogens with one attached hydrogen (secondary N) is 2. The summed E-state index contributed by atoms with van der Waals surface area (Å²) < 4.78 is 22.0. The fourth-order valence-corrected chi connectivity index (χ4v) is 2.78. The van der Waals surface area contributed by atoms with Crippen molar-refractivity contribution < 1.29 is 13.2 Å². The van der Waals surface area contributed by atoms with E-state index in [0.717, 1.165) is 19.4 Å². The van der Waals surface area contributed by atoms with Gasteiger partial charge >= 0.3 is 0 Å². The van der Waals surface area contributed by atoms with Gasteiger partial charge in [-0.15, -0.1) is 0 Å². The number of amides is 1. The Hall–Kier alpha value is -0.620. The molecule has 2 unspecified atom stereocenters. The molecule has 0 spiro atoms. The van der Waals surface area contributed by atoms with Crippen molar-refractivity contribution in [2.45, 2.75) is 31.8 Å². The zero-order valence-corrected chi connectivity index (χ0v) is 9.93.